The number of carbonyl (C=O) groups is 1. The molecule has 3 rings (SSSR count). The van der Waals surface area contributed by atoms with E-state index in [2.05, 4.69) is 4.98 Å². The van der Waals surface area contributed by atoms with Crippen LogP contribution < -0.4 is 4.74 Å². The summed E-state index contributed by atoms with van der Waals surface area (Å²) in [5.74, 6) is -0.267. The van der Waals surface area contributed by atoms with E-state index in [1.807, 2.05) is 38.1 Å². The molecule has 0 fully saturated rings. The van der Waals surface area contributed by atoms with Crippen molar-refractivity contribution < 1.29 is 13.9 Å². The molecule has 0 aliphatic carbocycles. The maximum atomic E-state index is 13.9. The summed E-state index contributed by atoms with van der Waals surface area (Å²) in [5.41, 5.74) is 4.55. The van der Waals surface area contributed by atoms with Crippen molar-refractivity contribution in [3.8, 4) is 5.75 Å². The number of amides is 1. The second-order valence-electron chi connectivity index (χ2n) is 6.71. The molecule has 0 radical (unpaired) electrons. The van der Waals surface area contributed by atoms with E-state index in [4.69, 9.17) is 4.74 Å². The highest BCUT2D eigenvalue weighted by Crippen LogP contribution is 2.24. The molecular weight excluding hydrogens is 343 g/mol. The fraction of sp³-hybridized carbons (Fsp3) is 0.273. The minimum absolute atomic E-state index is 0.0329. The first kappa shape index (κ1) is 18.8. The highest BCUT2D eigenvalue weighted by molar-refractivity contribution is 5.86. The number of likely N-dealkylation sites (N-methyl/N-ethyl adjacent to an activating group) is 1. The molecule has 4 nitrogen and oxygen atoms in total. The molecule has 3 aromatic rings. The molecule has 1 heterocycles. The zero-order valence-electron chi connectivity index (χ0n) is 16.0. The third kappa shape index (κ3) is 3.92. The van der Waals surface area contributed by atoms with Crippen LogP contribution in [0.2, 0.25) is 0 Å². The fourth-order valence-electron chi connectivity index (χ4n) is 3.29. The van der Waals surface area contributed by atoms with Crippen molar-refractivity contribution >= 4 is 16.8 Å². The Morgan fingerprint density at radius 2 is 1.93 bits per heavy atom. The summed E-state index contributed by atoms with van der Waals surface area (Å²) in [6.07, 6.45) is 0.268. The van der Waals surface area contributed by atoms with Crippen molar-refractivity contribution in [2.75, 3.05) is 14.2 Å². The summed E-state index contributed by atoms with van der Waals surface area (Å²) in [4.78, 5) is 19.0. The Bertz CT molecular complexity index is 1000. The molecule has 5 heteroatoms. The van der Waals surface area contributed by atoms with Crippen LogP contribution in [0, 0.1) is 19.7 Å². The molecule has 2 aromatic carbocycles. The molecule has 1 amide bonds. The number of benzene rings is 2. The predicted octanol–water partition coefficient (Wildman–Crippen LogP) is 4.20. The number of hydrogen-bond acceptors (Lipinski definition) is 3. The molecule has 0 spiro atoms. The van der Waals surface area contributed by atoms with Gasteiger partial charge in [0.1, 0.15) is 0 Å². The van der Waals surface area contributed by atoms with Gasteiger partial charge in [-0.1, -0.05) is 24.3 Å². The number of hydrogen-bond donors (Lipinski definition) is 0. The van der Waals surface area contributed by atoms with E-state index in [0.717, 1.165) is 27.7 Å². The maximum Gasteiger partial charge on any atom is 0.227 e. The number of aryl methyl sites for hydroxylation is 2. The Morgan fingerprint density at radius 3 is 2.63 bits per heavy atom. The predicted molar refractivity (Wildman–Crippen MR) is 104 cm³/mol. The topological polar surface area (TPSA) is 42.4 Å². The lowest BCUT2D eigenvalue weighted by Gasteiger charge is -2.19. The van der Waals surface area contributed by atoms with Crippen LogP contribution in [0.3, 0.4) is 0 Å². The van der Waals surface area contributed by atoms with Crippen LogP contribution in [-0.2, 0) is 17.8 Å². The van der Waals surface area contributed by atoms with Crippen LogP contribution in [0.25, 0.3) is 10.9 Å². The summed E-state index contributed by atoms with van der Waals surface area (Å²) >= 11 is 0. The zero-order valence-corrected chi connectivity index (χ0v) is 16.0. The third-order valence-corrected chi connectivity index (χ3v) is 4.88. The monoisotopic (exact) mass is 366 g/mol. The Labute approximate surface area is 158 Å². The van der Waals surface area contributed by atoms with Gasteiger partial charge in [0.15, 0.2) is 11.6 Å². The van der Waals surface area contributed by atoms with Gasteiger partial charge in [-0.15, -0.1) is 0 Å². The van der Waals surface area contributed by atoms with Crippen LogP contribution in [0.5, 0.6) is 5.75 Å². The second-order valence-corrected chi connectivity index (χ2v) is 6.71. The molecular formula is C22H23FN2O2. The number of nitrogens with zero attached hydrogens (tertiary/aromatic N) is 2. The first-order chi connectivity index (χ1) is 12.9. The number of pyridine rings is 1. The van der Waals surface area contributed by atoms with Crippen molar-refractivity contribution in [2.24, 2.45) is 0 Å². The lowest BCUT2D eigenvalue weighted by molar-refractivity contribution is -0.129. The van der Waals surface area contributed by atoms with Gasteiger partial charge in [0.2, 0.25) is 5.91 Å². The molecule has 0 aliphatic heterocycles. The van der Waals surface area contributed by atoms with Crippen molar-refractivity contribution in [1.82, 2.24) is 9.88 Å². The van der Waals surface area contributed by atoms with E-state index in [0.29, 0.717) is 12.1 Å². The highest BCUT2D eigenvalue weighted by Gasteiger charge is 2.16. The molecule has 27 heavy (non-hydrogen) atoms. The van der Waals surface area contributed by atoms with E-state index < -0.39 is 5.82 Å². The highest BCUT2D eigenvalue weighted by atomic mass is 19.1. The summed E-state index contributed by atoms with van der Waals surface area (Å²) in [6.45, 7) is 4.29. The average molecular weight is 366 g/mol. The van der Waals surface area contributed by atoms with Crippen molar-refractivity contribution in [2.45, 2.75) is 26.8 Å². The smallest absolute Gasteiger partial charge is 0.227 e. The van der Waals surface area contributed by atoms with Gasteiger partial charge >= 0.3 is 0 Å². The molecule has 140 valence electrons. The van der Waals surface area contributed by atoms with Gasteiger partial charge in [-0.2, -0.15) is 0 Å². The van der Waals surface area contributed by atoms with E-state index >= 15 is 0 Å². The largest absolute Gasteiger partial charge is 0.494 e. The van der Waals surface area contributed by atoms with Crippen LogP contribution >= 0.6 is 0 Å². The number of ether oxygens (including phenoxy) is 1. The van der Waals surface area contributed by atoms with Gasteiger partial charge in [-0.3, -0.25) is 9.78 Å². The Hall–Kier alpha value is -2.95. The van der Waals surface area contributed by atoms with Crippen LogP contribution in [0.1, 0.15) is 22.4 Å². The third-order valence-electron chi connectivity index (χ3n) is 4.88. The fourth-order valence-corrected chi connectivity index (χ4v) is 3.29. The van der Waals surface area contributed by atoms with Gasteiger partial charge in [0.05, 0.1) is 19.0 Å². The number of rotatable bonds is 5. The summed E-state index contributed by atoms with van der Waals surface area (Å²) in [5, 5.41) is 1.06. The number of halogens is 1. The quantitative estimate of drug-likeness (QED) is 0.680. The van der Waals surface area contributed by atoms with Crippen LogP contribution in [0.15, 0.2) is 42.5 Å². The van der Waals surface area contributed by atoms with E-state index in [1.165, 1.54) is 13.2 Å². The number of fused-ring (bicyclic) bond motifs is 1. The lowest BCUT2D eigenvalue weighted by Crippen LogP contribution is -2.28. The first-order valence-electron chi connectivity index (χ1n) is 8.82. The number of carbonyl (C=O) groups excluding carboxylic acids is 1. The maximum absolute atomic E-state index is 13.9. The number of aromatic nitrogens is 1. The Balaban J connectivity index is 1.79. The van der Waals surface area contributed by atoms with Crippen molar-refractivity contribution in [1.29, 1.82) is 0 Å². The molecule has 0 saturated heterocycles. The normalized spacial score (nSPS) is 10.9. The molecule has 0 aliphatic rings. The molecule has 0 bridgehead atoms. The minimum Gasteiger partial charge on any atom is -0.494 e. The molecule has 1 aromatic heterocycles. The lowest BCUT2D eigenvalue weighted by atomic mass is 9.99. The van der Waals surface area contributed by atoms with Gasteiger partial charge in [-0.25, -0.2) is 4.39 Å². The van der Waals surface area contributed by atoms with Gasteiger partial charge in [0, 0.05) is 24.7 Å². The summed E-state index contributed by atoms with van der Waals surface area (Å²) in [6, 6.07) is 12.7. The Morgan fingerprint density at radius 1 is 1.19 bits per heavy atom. The van der Waals surface area contributed by atoms with Crippen molar-refractivity contribution in [3.05, 3.63) is 70.7 Å². The van der Waals surface area contributed by atoms with Gasteiger partial charge in [0.25, 0.3) is 0 Å². The zero-order chi connectivity index (χ0) is 19.6. The first-order valence-corrected chi connectivity index (χ1v) is 8.82. The SMILES string of the molecule is COc1ccc(CN(C)C(=O)Cc2c(C)nc3ccccc3c2C)cc1F. The Kier molecular flexibility index (Phi) is 5.40. The standard InChI is InChI=1S/C22H23FN2O2/c1-14-17-7-5-6-8-20(17)24-15(2)18(14)12-22(26)25(3)13-16-9-10-21(27-4)19(23)11-16/h5-11H,12-13H2,1-4H3. The molecule has 0 saturated carbocycles. The summed E-state index contributed by atoms with van der Waals surface area (Å²) in [7, 11) is 3.15. The minimum atomic E-state index is -0.429. The number of methoxy groups -OCH3 is 1. The van der Waals surface area contributed by atoms with E-state index in [-0.39, 0.29) is 18.1 Å². The van der Waals surface area contributed by atoms with Gasteiger partial charge in [-0.05, 0) is 48.7 Å². The van der Waals surface area contributed by atoms with Crippen molar-refractivity contribution in [3.63, 3.8) is 0 Å². The van der Waals surface area contributed by atoms with Crippen LogP contribution in [-0.4, -0.2) is 29.9 Å². The average Bonchev–Trinajstić information content (AvgIpc) is 2.65. The van der Waals surface area contributed by atoms with Crippen LogP contribution in [0.4, 0.5) is 4.39 Å². The van der Waals surface area contributed by atoms with E-state index in [1.54, 1.807) is 24.1 Å². The van der Waals surface area contributed by atoms with E-state index in [9.17, 15) is 9.18 Å². The van der Waals surface area contributed by atoms with Gasteiger partial charge < -0.3 is 9.64 Å². The number of para-hydroxylation sites is 1. The summed E-state index contributed by atoms with van der Waals surface area (Å²) < 4.78 is 18.8. The second kappa shape index (κ2) is 7.74. The molecule has 0 N–H and O–H groups in total. The molecule has 0 atom stereocenters. The molecule has 0 unspecified atom stereocenters.